The van der Waals surface area contributed by atoms with Gasteiger partial charge in [0.15, 0.2) is 5.82 Å². The molecule has 29 heavy (non-hydrogen) atoms. The molecule has 1 N–H and O–H groups in total. The summed E-state index contributed by atoms with van der Waals surface area (Å²) in [6.07, 6.45) is -3.27. The number of amides is 2. The summed E-state index contributed by atoms with van der Waals surface area (Å²) in [7, 11) is 0. The van der Waals surface area contributed by atoms with Crippen molar-refractivity contribution < 1.29 is 27.3 Å². The van der Waals surface area contributed by atoms with Crippen molar-refractivity contribution in [1.82, 2.24) is 5.16 Å². The molecule has 1 aromatic carbocycles. The fraction of sp³-hybridized carbons (Fsp3) is 0.450. The second-order valence-corrected chi connectivity index (χ2v) is 7.67. The zero-order chi connectivity index (χ0) is 21.4. The number of hydrogen-bond acceptors (Lipinski definition) is 4. The maximum absolute atomic E-state index is 12.8. The van der Waals surface area contributed by atoms with Crippen molar-refractivity contribution in [1.29, 1.82) is 0 Å². The van der Waals surface area contributed by atoms with Gasteiger partial charge in [0, 0.05) is 23.6 Å². The minimum atomic E-state index is -4.47. The van der Waals surface area contributed by atoms with Crippen LogP contribution in [-0.4, -0.2) is 23.0 Å². The van der Waals surface area contributed by atoms with E-state index < -0.39 is 23.7 Å². The second-order valence-electron chi connectivity index (χ2n) is 7.67. The Kier molecular flexibility index (Phi) is 5.42. The molecule has 3 rings (SSSR count). The molecule has 6 nitrogen and oxygen atoms in total. The van der Waals surface area contributed by atoms with Gasteiger partial charge in [0.25, 0.3) is 0 Å². The normalized spacial score (nSPS) is 17.7. The average Bonchev–Trinajstić information content (AvgIpc) is 3.28. The van der Waals surface area contributed by atoms with E-state index in [1.807, 2.05) is 20.8 Å². The molecule has 1 aliphatic heterocycles. The smallest absolute Gasteiger partial charge is 0.359 e. The molecule has 1 saturated heterocycles. The Morgan fingerprint density at radius 2 is 1.93 bits per heavy atom. The Bertz CT molecular complexity index is 904. The molecular weight excluding hydrogens is 387 g/mol. The van der Waals surface area contributed by atoms with Gasteiger partial charge in [0.1, 0.15) is 11.8 Å². The highest BCUT2D eigenvalue weighted by atomic mass is 19.4. The number of nitrogens with one attached hydrogen (secondary N) is 1. The van der Waals surface area contributed by atoms with Crippen LogP contribution in [0.3, 0.4) is 0 Å². The number of nitrogens with zero attached hydrogens (tertiary/aromatic N) is 2. The summed E-state index contributed by atoms with van der Waals surface area (Å²) < 4.78 is 43.6. The van der Waals surface area contributed by atoms with Gasteiger partial charge in [-0.15, -0.1) is 0 Å². The fourth-order valence-electron chi connectivity index (χ4n) is 3.10. The van der Waals surface area contributed by atoms with Crippen molar-refractivity contribution in [2.24, 2.45) is 0 Å². The molecule has 0 spiro atoms. The Hall–Kier alpha value is -2.84. The summed E-state index contributed by atoms with van der Waals surface area (Å²) >= 11 is 0. The summed E-state index contributed by atoms with van der Waals surface area (Å²) in [6.45, 7) is 5.98. The zero-order valence-corrected chi connectivity index (χ0v) is 16.3. The number of benzene rings is 1. The lowest BCUT2D eigenvalue weighted by molar-refractivity contribution is -0.137. The standard InChI is InChI=1S/C20H22F3N3O3/c1-4-19(2,3)15-11-16(25-29-15)24-18(28)14-9-10-17(27)26(14)13-7-5-12(6-8-13)20(21,22)23/h5-8,11,14H,4,9-10H2,1-3H3,(H,24,25,28)/t14-/m0/s1. The molecule has 2 amide bonds. The van der Waals surface area contributed by atoms with Crippen LogP contribution < -0.4 is 10.2 Å². The highest BCUT2D eigenvalue weighted by molar-refractivity contribution is 6.07. The quantitative estimate of drug-likeness (QED) is 0.788. The van der Waals surface area contributed by atoms with E-state index in [4.69, 9.17) is 4.52 Å². The monoisotopic (exact) mass is 409 g/mol. The summed E-state index contributed by atoms with van der Waals surface area (Å²) in [4.78, 5) is 26.2. The number of hydrogen-bond donors (Lipinski definition) is 1. The van der Waals surface area contributed by atoms with E-state index in [9.17, 15) is 22.8 Å². The first-order valence-corrected chi connectivity index (χ1v) is 9.30. The first-order valence-electron chi connectivity index (χ1n) is 9.30. The second kappa shape index (κ2) is 7.53. The maximum atomic E-state index is 12.8. The minimum Gasteiger partial charge on any atom is -0.359 e. The van der Waals surface area contributed by atoms with Gasteiger partial charge in [-0.2, -0.15) is 13.2 Å². The van der Waals surface area contributed by atoms with Crippen LogP contribution in [0.5, 0.6) is 0 Å². The summed E-state index contributed by atoms with van der Waals surface area (Å²) in [5.41, 5.74) is -0.817. The van der Waals surface area contributed by atoms with Crippen LogP contribution in [0.15, 0.2) is 34.9 Å². The first-order chi connectivity index (χ1) is 13.5. The lowest BCUT2D eigenvalue weighted by Crippen LogP contribution is -2.41. The number of carbonyl (C=O) groups is 2. The molecule has 1 fully saturated rings. The van der Waals surface area contributed by atoms with Crippen molar-refractivity contribution in [3.05, 3.63) is 41.7 Å². The molecule has 1 aliphatic rings. The van der Waals surface area contributed by atoms with E-state index in [1.165, 1.54) is 17.0 Å². The number of carbonyl (C=O) groups excluding carboxylic acids is 2. The molecule has 1 aromatic heterocycles. The lowest BCUT2D eigenvalue weighted by atomic mass is 9.87. The number of anilines is 2. The van der Waals surface area contributed by atoms with Gasteiger partial charge in [-0.3, -0.25) is 14.5 Å². The number of halogens is 3. The van der Waals surface area contributed by atoms with E-state index in [0.29, 0.717) is 5.76 Å². The van der Waals surface area contributed by atoms with Crippen LogP contribution in [0.4, 0.5) is 24.7 Å². The van der Waals surface area contributed by atoms with Crippen LogP contribution in [-0.2, 0) is 21.2 Å². The van der Waals surface area contributed by atoms with Gasteiger partial charge in [-0.1, -0.05) is 25.9 Å². The molecule has 2 heterocycles. The van der Waals surface area contributed by atoms with Crippen LogP contribution in [0, 0.1) is 0 Å². The van der Waals surface area contributed by atoms with Gasteiger partial charge >= 0.3 is 6.18 Å². The summed E-state index contributed by atoms with van der Waals surface area (Å²) in [5, 5.41) is 6.50. The fourth-order valence-corrected chi connectivity index (χ4v) is 3.10. The van der Waals surface area contributed by atoms with E-state index >= 15 is 0 Å². The molecular formula is C20H22F3N3O3. The SMILES string of the molecule is CCC(C)(C)c1cc(NC(=O)[C@@H]2CCC(=O)N2c2ccc(C(F)(F)F)cc2)no1. The molecule has 0 bridgehead atoms. The molecule has 0 saturated carbocycles. The van der Waals surface area contributed by atoms with Gasteiger partial charge in [0.05, 0.1) is 5.56 Å². The molecule has 0 unspecified atom stereocenters. The Balaban J connectivity index is 1.77. The summed E-state index contributed by atoms with van der Waals surface area (Å²) in [6, 6.07) is 4.99. The van der Waals surface area contributed by atoms with Crippen LogP contribution in [0.25, 0.3) is 0 Å². The largest absolute Gasteiger partial charge is 0.416 e. The lowest BCUT2D eigenvalue weighted by Gasteiger charge is -2.24. The number of alkyl halides is 3. The van der Waals surface area contributed by atoms with E-state index in [0.717, 1.165) is 18.6 Å². The van der Waals surface area contributed by atoms with Gasteiger partial charge < -0.3 is 9.84 Å². The third kappa shape index (κ3) is 4.28. The Labute approximate surface area is 166 Å². The third-order valence-corrected chi connectivity index (χ3v) is 5.30. The van der Waals surface area contributed by atoms with Crippen molar-refractivity contribution in [2.75, 3.05) is 10.2 Å². The van der Waals surface area contributed by atoms with Crippen molar-refractivity contribution >= 4 is 23.3 Å². The number of aromatic nitrogens is 1. The molecule has 156 valence electrons. The van der Waals surface area contributed by atoms with Crippen LogP contribution in [0.1, 0.15) is 51.4 Å². The molecule has 9 heteroatoms. The van der Waals surface area contributed by atoms with Gasteiger partial charge in [-0.25, -0.2) is 0 Å². The topological polar surface area (TPSA) is 75.4 Å². The van der Waals surface area contributed by atoms with E-state index in [1.54, 1.807) is 6.07 Å². The van der Waals surface area contributed by atoms with Crippen molar-refractivity contribution in [3.63, 3.8) is 0 Å². The molecule has 0 aliphatic carbocycles. The van der Waals surface area contributed by atoms with Gasteiger partial charge in [-0.05, 0) is 37.1 Å². The molecule has 0 radical (unpaired) electrons. The number of rotatable bonds is 5. The predicted octanol–water partition coefficient (Wildman–Crippen LogP) is 4.52. The Morgan fingerprint density at radius 1 is 1.28 bits per heavy atom. The molecule has 1 atom stereocenters. The average molecular weight is 409 g/mol. The minimum absolute atomic E-state index is 0.131. The van der Waals surface area contributed by atoms with E-state index in [-0.39, 0.29) is 35.7 Å². The third-order valence-electron chi connectivity index (χ3n) is 5.30. The van der Waals surface area contributed by atoms with Crippen LogP contribution >= 0.6 is 0 Å². The highest BCUT2D eigenvalue weighted by Gasteiger charge is 2.38. The first kappa shape index (κ1) is 20.9. The summed E-state index contributed by atoms with van der Waals surface area (Å²) in [5.74, 6) is 0.0680. The van der Waals surface area contributed by atoms with Crippen molar-refractivity contribution in [2.45, 2.75) is 57.7 Å². The van der Waals surface area contributed by atoms with Crippen LogP contribution in [0.2, 0.25) is 0 Å². The Morgan fingerprint density at radius 3 is 2.52 bits per heavy atom. The molecule has 2 aromatic rings. The van der Waals surface area contributed by atoms with Gasteiger partial charge in [0.2, 0.25) is 11.8 Å². The maximum Gasteiger partial charge on any atom is 0.416 e. The zero-order valence-electron chi connectivity index (χ0n) is 16.3. The van der Waals surface area contributed by atoms with E-state index in [2.05, 4.69) is 10.5 Å². The van der Waals surface area contributed by atoms with Crippen molar-refractivity contribution in [3.8, 4) is 0 Å². The highest BCUT2D eigenvalue weighted by Crippen LogP contribution is 2.33. The predicted molar refractivity (Wildman–Crippen MR) is 100 cm³/mol.